The Morgan fingerprint density at radius 3 is 2.76 bits per heavy atom. The maximum absolute atomic E-state index is 11.6. The monoisotopic (exact) mass is 264 g/mol. The molecule has 0 spiro atoms. The number of likely N-dealkylation sites (N-methyl/N-ethyl adjacent to an activating group) is 1. The maximum atomic E-state index is 11.6. The molecule has 1 rings (SSSR count). The molecule has 100 valence electrons. The van der Waals surface area contributed by atoms with Crippen LogP contribution in [0.15, 0.2) is 0 Å². The first-order chi connectivity index (χ1) is 7.69. The van der Waals surface area contributed by atoms with Crippen LogP contribution in [0.25, 0.3) is 0 Å². The summed E-state index contributed by atoms with van der Waals surface area (Å²) in [5, 5.41) is 2.83. The quantitative estimate of drug-likeness (QED) is 0.748. The summed E-state index contributed by atoms with van der Waals surface area (Å²) in [4.78, 5) is 24.9. The van der Waals surface area contributed by atoms with Gasteiger partial charge in [0.05, 0.1) is 19.1 Å². The van der Waals surface area contributed by atoms with E-state index >= 15 is 0 Å². The van der Waals surface area contributed by atoms with E-state index in [0.29, 0.717) is 19.7 Å². The van der Waals surface area contributed by atoms with Crippen molar-refractivity contribution >= 4 is 24.3 Å². The van der Waals surface area contributed by atoms with Crippen molar-refractivity contribution in [1.82, 2.24) is 10.2 Å². The van der Waals surface area contributed by atoms with Crippen molar-refractivity contribution in [3.63, 3.8) is 0 Å². The predicted molar refractivity (Wildman–Crippen MR) is 67.1 cm³/mol. The molecule has 1 unspecified atom stereocenters. The first-order valence-electron chi connectivity index (χ1n) is 5.78. The van der Waals surface area contributed by atoms with Gasteiger partial charge in [-0.3, -0.25) is 9.59 Å². The molecule has 1 fully saturated rings. The van der Waals surface area contributed by atoms with E-state index < -0.39 is 0 Å². The van der Waals surface area contributed by atoms with E-state index in [1.807, 2.05) is 0 Å². The Balaban J connectivity index is 0.00000256. The normalized spacial score (nSPS) is 19.4. The lowest BCUT2D eigenvalue weighted by Crippen LogP contribution is -2.45. The molecule has 0 bridgehead atoms. The van der Waals surface area contributed by atoms with Crippen LogP contribution in [0.2, 0.25) is 0 Å². The zero-order valence-electron chi connectivity index (χ0n) is 10.4. The Morgan fingerprint density at radius 1 is 1.47 bits per heavy atom. The number of nitrogens with zero attached hydrogens (tertiary/aromatic N) is 1. The molecule has 0 aromatic rings. The van der Waals surface area contributed by atoms with Gasteiger partial charge in [0, 0.05) is 13.1 Å². The van der Waals surface area contributed by atoms with E-state index in [1.54, 1.807) is 18.9 Å². The van der Waals surface area contributed by atoms with Gasteiger partial charge in [0.2, 0.25) is 5.91 Å². The fraction of sp³-hybridized carbons (Fsp3) is 0.818. The Labute approximate surface area is 108 Å². The molecule has 0 radical (unpaired) electrons. The van der Waals surface area contributed by atoms with Crippen LogP contribution in [-0.4, -0.2) is 50.1 Å². The highest BCUT2D eigenvalue weighted by Gasteiger charge is 2.28. The fourth-order valence-corrected chi connectivity index (χ4v) is 1.92. The number of hydrogen-bond acceptors (Lipinski definition) is 4. The van der Waals surface area contributed by atoms with Crippen LogP contribution in [-0.2, 0) is 14.3 Å². The molecule has 1 N–H and O–H groups in total. The molecule has 1 amide bonds. The zero-order valence-corrected chi connectivity index (χ0v) is 11.2. The third-order valence-electron chi connectivity index (χ3n) is 2.72. The summed E-state index contributed by atoms with van der Waals surface area (Å²) in [6, 6.07) is 0. The number of carbonyl (C=O) groups excluding carboxylic acids is 2. The number of hydrogen-bond donors (Lipinski definition) is 1. The first-order valence-corrected chi connectivity index (χ1v) is 5.78. The number of nitrogens with one attached hydrogen (secondary N) is 1. The number of halogens is 1. The lowest BCUT2D eigenvalue weighted by Gasteiger charge is -2.31. The minimum absolute atomic E-state index is 0. The van der Waals surface area contributed by atoms with E-state index in [4.69, 9.17) is 4.74 Å². The smallest absolute Gasteiger partial charge is 0.310 e. The van der Waals surface area contributed by atoms with Crippen molar-refractivity contribution in [3.8, 4) is 0 Å². The SMILES string of the molecule is CCOC(=O)C1CCCN(C(=O)CNC)C1.Cl. The van der Waals surface area contributed by atoms with Crippen LogP contribution in [0.1, 0.15) is 19.8 Å². The molecule has 0 saturated carbocycles. The molecule has 1 aliphatic rings. The summed E-state index contributed by atoms with van der Waals surface area (Å²) in [5.74, 6) is -0.268. The lowest BCUT2D eigenvalue weighted by atomic mass is 9.98. The van der Waals surface area contributed by atoms with Gasteiger partial charge in [-0.2, -0.15) is 0 Å². The van der Waals surface area contributed by atoms with Crippen LogP contribution in [0.3, 0.4) is 0 Å². The van der Waals surface area contributed by atoms with E-state index in [-0.39, 0.29) is 30.2 Å². The Hall–Kier alpha value is -0.810. The van der Waals surface area contributed by atoms with Crippen molar-refractivity contribution in [2.45, 2.75) is 19.8 Å². The van der Waals surface area contributed by atoms with Gasteiger partial charge >= 0.3 is 5.97 Å². The van der Waals surface area contributed by atoms with Crippen LogP contribution in [0.5, 0.6) is 0 Å². The van der Waals surface area contributed by atoms with Crippen molar-refractivity contribution in [2.24, 2.45) is 5.92 Å². The summed E-state index contributed by atoms with van der Waals surface area (Å²) in [6.45, 7) is 3.77. The maximum Gasteiger partial charge on any atom is 0.310 e. The van der Waals surface area contributed by atoms with Gasteiger partial charge in [0.1, 0.15) is 0 Å². The third kappa shape index (κ3) is 4.91. The highest BCUT2D eigenvalue weighted by Crippen LogP contribution is 2.17. The minimum Gasteiger partial charge on any atom is -0.466 e. The number of ether oxygens (including phenoxy) is 1. The van der Waals surface area contributed by atoms with Crippen LogP contribution in [0, 0.1) is 5.92 Å². The number of rotatable bonds is 4. The molecule has 0 aromatic carbocycles. The second-order valence-corrected chi connectivity index (χ2v) is 3.96. The van der Waals surface area contributed by atoms with Gasteiger partial charge in [0.25, 0.3) is 0 Å². The molecule has 1 saturated heterocycles. The molecule has 5 nitrogen and oxygen atoms in total. The molecule has 0 aromatic heterocycles. The molecule has 17 heavy (non-hydrogen) atoms. The van der Waals surface area contributed by atoms with Gasteiger partial charge in [-0.05, 0) is 26.8 Å². The van der Waals surface area contributed by atoms with Gasteiger partial charge in [-0.1, -0.05) is 0 Å². The highest BCUT2D eigenvalue weighted by molar-refractivity contribution is 5.85. The topological polar surface area (TPSA) is 58.6 Å². The van der Waals surface area contributed by atoms with E-state index in [1.165, 1.54) is 0 Å². The molecule has 1 aliphatic heterocycles. The van der Waals surface area contributed by atoms with Crippen LogP contribution >= 0.6 is 12.4 Å². The summed E-state index contributed by atoms with van der Waals surface area (Å²) in [5.41, 5.74) is 0. The van der Waals surface area contributed by atoms with E-state index in [9.17, 15) is 9.59 Å². The molecular weight excluding hydrogens is 244 g/mol. The van der Waals surface area contributed by atoms with Gasteiger partial charge in [-0.25, -0.2) is 0 Å². The average Bonchev–Trinajstić information content (AvgIpc) is 2.30. The van der Waals surface area contributed by atoms with Crippen LogP contribution < -0.4 is 5.32 Å². The van der Waals surface area contributed by atoms with Crippen LogP contribution in [0.4, 0.5) is 0 Å². The van der Waals surface area contributed by atoms with E-state index in [2.05, 4.69) is 5.32 Å². The van der Waals surface area contributed by atoms with Crippen molar-refractivity contribution < 1.29 is 14.3 Å². The van der Waals surface area contributed by atoms with Crippen molar-refractivity contribution in [2.75, 3.05) is 33.3 Å². The average molecular weight is 265 g/mol. The molecule has 0 aliphatic carbocycles. The molecule has 1 atom stereocenters. The first kappa shape index (κ1) is 16.2. The second-order valence-electron chi connectivity index (χ2n) is 3.96. The Morgan fingerprint density at radius 2 is 2.18 bits per heavy atom. The minimum atomic E-state index is -0.176. The molecular formula is C11H21ClN2O3. The summed E-state index contributed by atoms with van der Waals surface area (Å²) < 4.78 is 4.98. The zero-order chi connectivity index (χ0) is 12.0. The van der Waals surface area contributed by atoms with Gasteiger partial charge in [0.15, 0.2) is 0 Å². The number of piperidine rings is 1. The lowest BCUT2D eigenvalue weighted by molar-refractivity contribution is -0.151. The number of esters is 1. The molecule has 6 heteroatoms. The summed E-state index contributed by atoms with van der Waals surface area (Å²) in [7, 11) is 1.74. The van der Waals surface area contributed by atoms with Crippen molar-refractivity contribution in [1.29, 1.82) is 0 Å². The predicted octanol–water partition coefficient (Wildman–Crippen LogP) is 0.429. The number of carbonyl (C=O) groups is 2. The van der Waals surface area contributed by atoms with E-state index in [0.717, 1.165) is 19.4 Å². The fourth-order valence-electron chi connectivity index (χ4n) is 1.92. The molecule has 1 heterocycles. The van der Waals surface area contributed by atoms with Gasteiger partial charge in [-0.15, -0.1) is 12.4 Å². The third-order valence-corrected chi connectivity index (χ3v) is 2.72. The van der Waals surface area contributed by atoms with Crippen molar-refractivity contribution in [3.05, 3.63) is 0 Å². The highest BCUT2D eigenvalue weighted by atomic mass is 35.5. The Kier molecular flexibility index (Phi) is 7.91. The standard InChI is InChI=1S/C11H20N2O3.ClH/c1-3-16-11(15)9-5-4-6-13(8-9)10(14)7-12-2;/h9,12H,3-8H2,1-2H3;1H. The second kappa shape index (κ2) is 8.31. The summed E-state index contributed by atoms with van der Waals surface area (Å²) in [6.07, 6.45) is 1.70. The largest absolute Gasteiger partial charge is 0.466 e. The summed E-state index contributed by atoms with van der Waals surface area (Å²) >= 11 is 0. The van der Waals surface area contributed by atoms with Gasteiger partial charge < -0.3 is 15.0 Å². The Bertz CT molecular complexity index is 237. The number of likely N-dealkylation sites (tertiary alicyclic amines) is 1. The number of amides is 1.